The Balaban J connectivity index is 2.00. The Labute approximate surface area is 111 Å². The van der Waals surface area contributed by atoms with Crippen LogP contribution in [0.25, 0.3) is 10.1 Å². The van der Waals surface area contributed by atoms with Crippen LogP contribution < -0.4 is 0 Å². The number of ketones is 1. The molecule has 0 bridgehead atoms. The lowest BCUT2D eigenvalue weighted by Crippen LogP contribution is -1.97. The topological polar surface area (TPSA) is 67.5 Å². The van der Waals surface area contributed by atoms with E-state index in [1.165, 1.54) is 23.5 Å². The molecule has 1 N–H and O–H groups in total. The van der Waals surface area contributed by atoms with Crippen LogP contribution in [-0.4, -0.2) is 16.9 Å². The molecule has 94 valence electrons. The summed E-state index contributed by atoms with van der Waals surface area (Å²) in [5.41, 5.74) is 0. The predicted octanol–water partition coefficient (Wildman–Crippen LogP) is 3.42. The van der Waals surface area contributed by atoms with Gasteiger partial charge in [0.25, 0.3) is 0 Å². The molecule has 0 radical (unpaired) electrons. The number of furan rings is 1. The van der Waals surface area contributed by atoms with Gasteiger partial charge in [-0.25, -0.2) is 4.79 Å². The average molecular weight is 272 g/mol. The minimum atomic E-state index is -1.18. The standard InChI is InChI=1S/C14H8O4S/c15-13(9-5-6-10(18-9)14(16)17)12-7-8-3-1-2-4-11(8)19-12/h1-7H,(H,16,17). The maximum Gasteiger partial charge on any atom is 0.371 e. The zero-order valence-electron chi connectivity index (χ0n) is 9.62. The van der Waals surface area contributed by atoms with Gasteiger partial charge in [-0.05, 0) is 29.7 Å². The van der Waals surface area contributed by atoms with Gasteiger partial charge in [0.2, 0.25) is 11.5 Å². The monoisotopic (exact) mass is 272 g/mol. The van der Waals surface area contributed by atoms with Crippen molar-refractivity contribution in [2.24, 2.45) is 0 Å². The first-order chi connectivity index (χ1) is 9.15. The summed E-state index contributed by atoms with van der Waals surface area (Å²) in [6.45, 7) is 0. The number of thiophene rings is 1. The summed E-state index contributed by atoms with van der Waals surface area (Å²) >= 11 is 1.36. The van der Waals surface area contributed by atoms with Gasteiger partial charge in [-0.15, -0.1) is 11.3 Å². The van der Waals surface area contributed by atoms with E-state index in [9.17, 15) is 9.59 Å². The second kappa shape index (κ2) is 4.37. The van der Waals surface area contributed by atoms with Gasteiger partial charge >= 0.3 is 5.97 Å². The summed E-state index contributed by atoms with van der Waals surface area (Å²) in [6, 6.07) is 12.1. The number of carbonyl (C=O) groups excluding carboxylic acids is 1. The third kappa shape index (κ3) is 2.04. The highest BCUT2D eigenvalue weighted by Gasteiger charge is 2.18. The first kappa shape index (κ1) is 11.7. The normalized spacial score (nSPS) is 10.7. The molecule has 0 atom stereocenters. The highest BCUT2D eigenvalue weighted by Crippen LogP contribution is 2.27. The Hall–Kier alpha value is -2.40. The van der Waals surface area contributed by atoms with Crippen LogP contribution in [0, 0.1) is 0 Å². The van der Waals surface area contributed by atoms with Crippen LogP contribution in [0.5, 0.6) is 0 Å². The fourth-order valence-corrected chi connectivity index (χ4v) is 2.80. The first-order valence-corrected chi connectivity index (χ1v) is 6.33. The van der Waals surface area contributed by atoms with E-state index >= 15 is 0 Å². The van der Waals surface area contributed by atoms with E-state index < -0.39 is 5.97 Å². The lowest BCUT2D eigenvalue weighted by Gasteiger charge is -1.91. The minimum Gasteiger partial charge on any atom is -0.475 e. The SMILES string of the molecule is O=C(O)c1ccc(C(=O)c2cc3ccccc3s2)o1. The van der Waals surface area contributed by atoms with Crippen molar-refractivity contribution in [2.75, 3.05) is 0 Å². The molecule has 0 saturated heterocycles. The van der Waals surface area contributed by atoms with E-state index in [1.807, 2.05) is 24.3 Å². The molecule has 0 saturated carbocycles. The van der Waals surface area contributed by atoms with Crippen LogP contribution >= 0.6 is 11.3 Å². The fourth-order valence-electron chi connectivity index (χ4n) is 1.79. The third-order valence-electron chi connectivity index (χ3n) is 2.69. The third-order valence-corrected chi connectivity index (χ3v) is 3.80. The first-order valence-electron chi connectivity index (χ1n) is 5.51. The summed E-state index contributed by atoms with van der Waals surface area (Å²) in [5.74, 6) is -1.67. The molecule has 19 heavy (non-hydrogen) atoms. The van der Waals surface area contributed by atoms with Gasteiger partial charge in [-0.2, -0.15) is 0 Å². The summed E-state index contributed by atoms with van der Waals surface area (Å²) in [5, 5.41) is 9.75. The maximum absolute atomic E-state index is 12.2. The highest BCUT2D eigenvalue weighted by atomic mass is 32.1. The Morgan fingerprint density at radius 1 is 1.05 bits per heavy atom. The van der Waals surface area contributed by atoms with E-state index in [0.29, 0.717) is 4.88 Å². The van der Waals surface area contributed by atoms with Crippen LogP contribution in [0.2, 0.25) is 0 Å². The van der Waals surface area contributed by atoms with Gasteiger partial charge in [0.15, 0.2) is 5.76 Å². The van der Waals surface area contributed by atoms with Crippen LogP contribution in [0.3, 0.4) is 0 Å². The molecule has 0 unspecified atom stereocenters. The molecule has 3 rings (SSSR count). The maximum atomic E-state index is 12.2. The fraction of sp³-hybridized carbons (Fsp3) is 0. The van der Waals surface area contributed by atoms with Gasteiger partial charge < -0.3 is 9.52 Å². The lowest BCUT2D eigenvalue weighted by atomic mass is 10.2. The molecule has 1 aromatic carbocycles. The number of carboxylic acids is 1. The highest BCUT2D eigenvalue weighted by molar-refractivity contribution is 7.21. The summed E-state index contributed by atoms with van der Waals surface area (Å²) in [6.07, 6.45) is 0. The molecule has 0 spiro atoms. The van der Waals surface area contributed by atoms with Crippen molar-refractivity contribution in [1.82, 2.24) is 0 Å². The molecule has 5 heteroatoms. The molecular formula is C14H8O4S. The number of aromatic carboxylic acids is 1. The van der Waals surface area contributed by atoms with Crippen molar-refractivity contribution in [3.8, 4) is 0 Å². The molecule has 4 nitrogen and oxygen atoms in total. The van der Waals surface area contributed by atoms with Crippen molar-refractivity contribution in [1.29, 1.82) is 0 Å². The van der Waals surface area contributed by atoms with Crippen LogP contribution in [0.1, 0.15) is 26.0 Å². The molecule has 0 aliphatic carbocycles. The van der Waals surface area contributed by atoms with E-state index in [2.05, 4.69) is 0 Å². The largest absolute Gasteiger partial charge is 0.475 e. The van der Waals surface area contributed by atoms with Gasteiger partial charge in [-0.1, -0.05) is 18.2 Å². The molecule has 0 aliphatic rings. The van der Waals surface area contributed by atoms with Crippen LogP contribution in [-0.2, 0) is 0 Å². The summed E-state index contributed by atoms with van der Waals surface area (Å²) in [7, 11) is 0. The Bertz CT molecular complexity index is 748. The van der Waals surface area contributed by atoms with Gasteiger partial charge in [0.05, 0.1) is 4.88 Å². The van der Waals surface area contributed by atoms with Crippen molar-refractivity contribution in [3.05, 3.63) is 58.9 Å². The molecule has 0 aliphatic heterocycles. The Kier molecular flexibility index (Phi) is 2.68. The number of fused-ring (bicyclic) bond motifs is 1. The van der Waals surface area contributed by atoms with Crippen molar-refractivity contribution in [3.63, 3.8) is 0 Å². The Morgan fingerprint density at radius 2 is 1.79 bits per heavy atom. The molecule has 2 aromatic heterocycles. The average Bonchev–Trinajstić information content (AvgIpc) is 3.04. The summed E-state index contributed by atoms with van der Waals surface area (Å²) < 4.78 is 6.02. The van der Waals surface area contributed by atoms with Gasteiger partial charge in [0, 0.05) is 4.70 Å². The van der Waals surface area contributed by atoms with Crippen molar-refractivity contribution < 1.29 is 19.1 Å². The number of hydrogen-bond acceptors (Lipinski definition) is 4. The number of rotatable bonds is 3. The number of carboxylic acid groups (broad SMARTS) is 1. The zero-order chi connectivity index (χ0) is 13.4. The van der Waals surface area contributed by atoms with E-state index in [1.54, 1.807) is 6.07 Å². The van der Waals surface area contributed by atoms with E-state index in [-0.39, 0.29) is 17.3 Å². The van der Waals surface area contributed by atoms with E-state index in [0.717, 1.165) is 10.1 Å². The number of hydrogen-bond donors (Lipinski definition) is 1. The summed E-state index contributed by atoms with van der Waals surface area (Å²) in [4.78, 5) is 23.4. The Morgan fingerprint density at radius 3 is 2.47 bits per heavy atom. The predicted molar refractivity (Wildman–Crippen MR) is 70.9 cm³/mol. The van der Waals surface area contributed by atoms with E-state index in [4.69, 9.17) is 9.52 Å². The number of carbonyl (C=O) groups is 2. The molecule has 3 aromatic rings. The van der Waals surface area contributed by atoms with Gasteiger partial charge in [-0.3, -0.25) is 4.79 Å². The van der Waals surface area contributed by atoms with Crippen LogP contribution in [0.4, 0.5) is 0 Å². The molecular weight excluding hydrogens is 264 g/mol. The second-order valence-corrected chi connectivity index (χ2v) is 5.03. The smallest absolute Gasteiger partial charge is 0.371 e. The van der Waals surface area contributed by atoms with Crippen molar-refractivity contribution in [2.45, 2.75) is 0 Å². The second-order valence-electron chi connectivity index (χ2n) is 3.95. The minimum absolute atomic E-state index is 0.0453. The number of benzene rings is 1. The van der Waals surface area contributed by atoms with Crippen LogP contribution in [0.15, 0.2) is 46.9 Å². The van der Waals surface area contributed by atoms with Gasteiger partial charge in [0.1, 0.15) is 0 Å². The lowest BCUT2D eigenvalue weighted by molar-refractivity contribution is 0.0660. The molecule has 0 fully saturated rings. The molecule has 0 amide bonds. The quantitative estimate of drug-likeness (QED) is 0.742. The zero-order valence-corrected chi connectivity index (χ0v) is 10.4. The molecule has 2 heterocycles. The van der Waals surface area contributed by atoms with Crippen molar-refractivity contribution >= 4 is 33.2 Å².